The third kappa shape index (κ3) is 4.18. The lowest BCUT2D eigenvalue weighted by atomic mass is 10.1. The van der Waals surface area contributed by atoms with Gasteiger partial charge in [0.25, 0.3) is 5.69 Å². The number of benzene rings is 2. The van der Waals surface area contributed by atoms with Crippen molar-refractivity contribution in [3.63, 3.8) is 0 Å². The molecule has 0 saturated heterocycles. The highest BCUT2D eigenvalue weighted by Crippen LogP contribution is 2.36. The lowest BCUT2D eigenvalue weighted by molar-refractivity contribution is -0.385. The standard InChI is InChI=1S/C17H16ClNO5S/c1-22-16-3-2-14(18)4-12(16)8-25-9-13-6-15(19(20)21)5-11-7-23-10-24-17(11)13/h2-6H,7-10H2,1H3. The number of nitro benzene ring substituents is 1. The molecule has 0 atom stereocenters. The van der Waals surface area contributed by atoms with E-state index in [9.17, 15) is 10.1 Å². The SMILES string of the molecule is COc1ccc(Cl)cc1CSCc1cc([N+](=O)[O-])cc2c1OCOC2. The van der Waals surface area contributed by atoms with Gasteiger partial charge in [-0.15, -0.1) is 0 Å². The normalized spacial score (nSPS) is 13.0. The van der Waals surface area contributed by atoms with Crippen molar-refractivity contribution in [3.8, 4) is 11.5 Å². The van der Waals surface area contributed by atoms with Gasteiger partial charge in [0.05, 0.1) is 18.6 Å². The second-order valence-electron chi connectivity index (χ2n) is 5.41. The van der Waals surface area contributed by atoms with Crippen molar-refractivity contribution in [3.05, 3.63) is 62.2 Å². The first-order valence-electron chi connectivity index (χ1n) is 7.49. The first-order valence-corrected chi connectivity index (χ1v) is 9.02. The Hall–Kier alpha value is -1.96. The van der Waals surface area contributed by atoms with Gasteiger partial charge in [-0.3, -0.25) is 10.1 Å². The largest absolute Gasteiger partial charge is 0.496 e. The zero-order valence-electron chi connectivity index (χ0n) is 13.5. The van der Waals surface area contributed by atoms with E-state index in [2.05, 4.69) is 0 Å². The Morgan fingerprint density at radius 2 is 2.08 bits per heavy atom. The molecule has 6 nitrogen and oxygen atoms in total. The van der Waals surface area contributed by atoms with Crippen molar-refractivity contribution < 1.29 is 19.1 Å². The van der Waals surface area contributed by atoms with Crippen LogP contribution >= 0.6 is 23.4 Å². The molecule has 1 aliphatic heterocycles. The van der Waals surface area contributed by atoms with Crippen LogP contribution in [0.1, 0.15) is 16.7 Å². The number of nitro groups is 1. The lowest BCUT2D eigenvalue weighted by Crippen LogP contribution is -2.13. The maximum atomic E-state index is 11.1. The Kier molecular flexibility index (Phi) is 5.67. The van der Waals surface area contributed by atoms with Crippen molar-refractivity contribution in [2.75, 3.05) is 13.9 Å². The van der Waals surface area contributed by atoms with E-state index in [0.717, 1.165) is 16.9 Å². The van der Waals surface area contributed by atoms with Crippen molar-refractivity contribution >= 4 is 29.1 Å². The topological polar surface area (TPSA) is 70.8 Å². The van der Waals surface area contributed by atoms with Gasteiger partial charge in [-0.05, 0) is 18.2 Å². The van der Waals surface area contributed by atoms with Crippen LogP contribution < -0.4 is 9.47 Å². The van der Waals surface area contributed by atoms with Crippen LogP contribution in [0.25, 0.3) is 0 Å². The Morgan fingerprint density at radius 3 is 2.84 bits per heavy atom. The van der Waals surface area contributed by atoms with Gasteiger partial charge in [-0.1, -0.05) is 11.6 Å². The molecule has 2 aromatic rings. The summed E-state index contributed by atoms with van der Waals surface area (Å²) in [5.74, 6) is 2.68. The van der Waals surface area contributed by atoms with E-state index in [1.807, 2.05) is 12.1 Å². The summed E-state index contributed by atoms with van der Waals surface area (Å²) < 4.78 is 16.1. The second-order valence-corrected chi connectivity index (χ2v) is 6.83. The average Bonchev–Trinajstić information content (AvgIpc) is 2.61. The number of hydrogen-bond donors (Lipinski definition) is 0. The number of non-ortho nitro benzene ring substituents is 1. The number of ether oxygens (including phenoxy) is 3. The second kappa shape index (κ2) is 7.95. The molecule has 0 unspecified atom stereocenters. The fourth-order valence-electron chi connectivity index (χ4n) is 2.62. The minimum atomic E-state index is -0.400. The average molecular weight is 382 g/mol. The third-order valence-electron chi connectivity index (χ3n) is 3.74. The molecule has 25 heavy (non-hydrogen) atoms. The Balaban J connectivity index is 1.78. The van der Waals surface area contributed by atoms with E-state index >= 15 is 0 Å². The van der Waals surface area contributed by atoms with Crippen LogP contribution in [0.4, 0.5) is 5.69 Å². The molecule has 0 bridgehead atoms. The molecular weight excluding hydrogens is 366 g/mol. The molecule has 0 fully saturated rings. The molecule has 0 aromatic heterocycles. The third-order valence-corrected chi connectivity index (χ3v) is 5.01. The molecule has 0 radical (unpaired) electrons. The van der Waals surface area contributed by atoms with E-state index in [1.165, 1.54) is 6.07 Å². The van der Waals surface area contributed by atoms with Gasteiger partial charge in [0.2, 0.25) is 0 Å². The Labute approximate surface area is 154 Å². The number of nitrogens with zero attached hydrogens (tertiary/aromatic N) is 1. The van der Waals surface area contributed by atoms with Crippen LogP contribution in [0, 0.1) is 10.1 Å². The van der Waals surface area contributed by atoms with E-state index in [0.29, 0.717) is 34.4 Å². The van der Waals surface area contributed by atoms with Gasteiger partial charge < -0.3 is 14.2 Å². The quantitative estimate of drug-likeness (QED) is 0.539. The zero-order valence-corrected chi connectivity index (χ0v) is 15.1. The predicted molar refractivity (Wildman–Crippen MR) is 96.4 cm³/mol. The number of thioether (sulfide) groups is 1. The lowest BCUT2D eigenvalue weighted by Gasteiger charge is -2.20. The molecule has 8 heteroatoms. The van der Waals surface area contributed by atoms with E-state index in [1.54, 1.807) is 31.0 Å². The van der Waals surface area contributed by atoms with E-state index < -0.39 is 4.92 Å². The fraction of sp³-hybridized carbons (Fsp3) is 0.294. The molecule has 0 saturated carbocycles. The summed E-state index contributed by atoms with van der Waals surface area (Å²) in [4.78, 5) is 10.7. The monoisotopic (exact) mass is 381 g/mol. The zero-order chi connectivity index (χ0) is 17.8. The number of rotatable bonds is 6. The van der Waals surface area contributed by atoms with Crippen LogP contribution in [-0.4, -0.2) is 18.8 Å². The summed E-state index contributed by atoms with van der Waals surface area (Å²) in [5, 5.41) is 11.8. The highest BCUT2D eigenvalue weighted by Gasteiger charge is 2.21. The number of halogens is 1. The molecule has 132 valence electrons. The summed E-state index contributed by atoms with van der Waals surface area (Å²) in [7, 11) is 1.61. The van der Waals surface area contributed by atoms with Gasteiger partial charge in [-0.2, -0.15) is 11.8 Å². The van der Waals surface area contributed by atoms with Crippen molar-refractivity contribution in [2.45, 2.75) is 18.1 Å². The van der Waals surface area contributed by atoms with Crippen LogP contribution in [-0.2, 0) is 22.8 Å². The summed E-state index contributed by atoms with van der Waals surface area (Å²) in [6, 6.07) is 8.53. The molecule has 2 aromatic carbocycles. The van der Waals surface area contributed by atoms with Crippen LogP contribution in [0.2, 0.25) is 5.02 Å². The molecule has 1 heterocycles. The van der Waals surface area contributed by atoms with Crippen LogP contribution in [0.15, 0.2) is 30.3 Å². The first kappa shape index (κ1) is 17.8. The van der Waals surface area contributed by atoms with E-state index in [-0.39, 0.29) is 12.5 Å². The van der Waals surface area contributed by atoms with Gasteiger partial charge in [0, 0.05) is 45.4 Å². The summed E-state index contributed by atoms with van der Waals surface area (Å²) in [6.07, 6.45) is 0. The Morgan fingerprint density at radius 1 is 1.28 bits per heavy atom. The summed E-state index contributed by atoms with van der Waals surface area (Å²) in [6.45, 7) is 0.474. The highest BCUT2D eigenvalue weighted by molar-refractivity contribution is 7.97. The molecule has 0 aliphatic carbocycles. The van der Waals surface area contributed by atoms with Crippen molar-refractivity contribution in [1.29, 1.82) is 0 Å². The molecule has 0 amide bonds. The summed E-state index contributed by atoms with van der Waals surface area (Å²) >= 11 is 7.66. The molecule has 0 N–H and O–H groups in total. The van der Waals surface area contributed by atoms with Gasteiger partial charge >= 0.3 is 0 Å². The minimum absolute atomic E-state index is 0.0452. The van der Waals surface area contributed by atoms with Gasteiger partial charge in [0.15, 0.2) is 6.79 Å². The van der Waals surface area contributed by atoms with Gasteiger partial charge in [-0.25, -0.2) is 0 Å². The van der Waals surface area contributed by atoms with Crippen LogP contribution in [0.3, 0.4) is 0 Å². The van der Waals surface area contributed by atoms with Crippen molar-refractivity contribution in [2.24, 2.45) is 0 Å². The fourth-order valence-corrected chi connectivity index (χ4v) is 3.80. The highest BCUT2D eigenvalue weighted by atomic mass is 35.5. The maximum Gasteiger partial charge on any atom is 0.270 e. The molecule has 1 aliphatic rings. The number of fused-ring (bicyclic) bond motifs is 1. The molecule has 0 spiro atoms. The van der Waals surface area contributed by atoms with E-state index in [4.69, 9.17) is 25.8 Å². The Bertz CT molecular complexity index is 799. The van der Waals surface area contributed by atoms with Gasteiger partial charge in [0.1, 0.15) is 11.5 Å². The first-order chi connectivity index (χ1) is 12.1. The summed E-state index contributed by atoms with van der Waals surface area (Å²) in [5.41, 5.74) is 2.52. The number of methoxy groups -OCH3 is 1. The van der Waals surface area contributed by atoms with Crippen molar-refractivity contribution in [1.82, 2.24) is 0 Å². The molecule has 3 rings (SSSR count). The smallest absolute Gasteiger partial charge is 0.270 e. The predicted octanol–water partition coefficient (Wildman–Crippen LogP) is 4.56. The maximum absolute atomic E-state index is 11.1. The molecular formula is C17H16ClNO5S. The van der Waals surface area contributed by atoms with Crippen LogP contribution in [0.5, 0.6) is 11.5 Å². The number of hydrogen-bond acceptors (Lipinski definition) is 6. The minimum Gasteiger partial charge on any atom is -0.496 e.